The van der Waals surface area contributed by atoms with Gasteiger partial charge in [-0.1, -0.05) is 0 Å². The number of amides is 2. The molecule has 0 radical (unpaired) electrons. The minimum atomic E-state index is -0.791. The van der Waals surface area contributed by atoms with E-state index in [4.69, 9.17) is 4.74 Å². The van der Waals surface area contributed by atoms with Gasteiger partial charge in [0.25, 0.3) is 5.91 Å². The number of nitrogens with zero attached hydrogens (tertiary/aromatic N) is 5. The molecule has 3 heterocycles. The SMILES string of the molecule is CNC(=O)c1c(NC(=O)Oc2nc(C3CC3)ccc2Nc2cncnc2)cnn1C. The Bertz CT molecular complexity index is 1080. The van der Waals surface area contributed by atoms with E-state index in [2.05, 4.69) is 36.0 Å². The van der Waals surface area contributed by atoms with Gasteiger partial charge in [-0.3, -0.25) is 14.8 Å². The molecule has 0 aromatic carbocycles. The summed E-state index contributed by atoms with van der Waals surface area (Å²) in [6, 6.07) is 3.70. The van der Waals surface area contributed by atoms with Crippen LogP contribution in [0.2, 0.25) is 0 Å². The maximum Gasteiger partial charge on any atom is 0.418 e. The fraction of sp³-hybridized carbons (Fsp3) is 0.263. The first-order valence-corrected chi connectivity index (χ1v) is 9.31. The highest BCUT2D eigenvalue weighted by atomic mass is 16.6. The van der Waals surface area contributed by atoms with Crippen LogP contribution in [0, 0.1) is 0 Å². The summed E-state index contributed by atoms with van der Waals surface area (Å²) >= 11 is 0. The molecule has 1 saturated carbocycles. The van der Waals surface area contributed by atoms with Crippen molar-refractivity contribution in [1.82, 2.24) is 30.0 Å². The Balaban J connectivity index is 1.56. The molecule has 3 aromatic rings. The van der Waals surface area contributed by atoms with Crippen LogP contribution < -0.4 is 20.7 Å². The largest absolute Gasteiger partial charge is 0.418 e. The Morgan fingerprint density at radius 1 is 1.13 bits per heavy atom. The van der Waals surface area contributed by atoms with Gasteiger partial charge in [-0.25, -0.2) is 19.7 Å². The fourth-order valence-electron chi connectivity index (χ4n) is 2.89. The molecule has 0 bridgehead atoms. The highest BCUT2D eigenvalue weighted by Crippen LogP contribution is 2.41. The van der Waals surface area contributed by atoms with E-state index in [-0.39, 0.29) is 23.2 Å². The van der Waals surface area contributed by atoms with Crippen molar-refractivity contribution in [1.29, 1.82) is 0 Å². The van der Waals surface area contributed by atoms with Gasteiger partial charge in [0, 0.05) is 25.7 Å². The van der Waals surface area contributed by atoms with Crippen molar-refractivity contribution in [2.24, 2.45) is 7.05 Å². The molecule has 3 N–H and O–H groups in total. The maximum absolute atomic E-state index is 12.6. The first-order valence-electron chi connectivity index (χ1n) is 9.31. The Morgan fingerprint density at radius 2 is 1.90 bits per heavy atom. The predicted octanol–water partition coefficient (Wildman–Crippen LogP) is 2.20. The van der Waals surface area contributed by atoms with E-state index >= 15 is 0 Å². The van der Waals surface area contributed by atoms with Gasteiger partial charge >= 0.3 is 6.09 Å². The number of pyridine rings is 1. The average molecular weight is 408 g/mol. The Labute approximate surface area is 171 Å². The molecule has 11 nitrogen and oxygen atoms in total. The molecule has 11 heteroatoms. The van der Waals surface area contributed by atoms with E-state index < -0.39 is 6.09 Å². The van der Waals surface area contributed by atoms with E-state index in [0.29, 0.717) is 17.3 Å². The number of rotatable bonds is 6. The summed E-state index contributed by atoms with van der Waals surface area (Å²) in [5, 5.41) is 12.2. The third-order valence-electron chi connectivity index (χ3n) is 4.52. The number of carbonyl (C=O) groups excluding carboxylic acids is 2. The zero-order valence-corrected chi connectivity index (χ0v) is 16.4. The van der Waals surface area contributed by atoms with Crippen LogP contribution in [0.5, 0.6) is 5.88 Å². The molecule has 0 saturated heterocycles. The van der Waals surface area contributed by atoms with Crippen molar-refractivity contribution in [3.63, 3.8) is 0 Å². The van der Waals surface area contributed by atoms with Crippen LogP contribution in [0.25, 0.3) is 0 Å². The summed E-state index contributed by atoms with van der Waals surface area (Å²) < 4.78 is 6.85. The molecular formula is C19H20N8O3. The van der Waals surface area contributed by atoms with Gasteiger partial charge in [-0.2, -0.15) is 5.10 Å². The summed E-state index contributed by atoms with van der Waals surface area (Å²) in [6.07, 6.45) is 7.31. The van der Waals surface area contributed by atoms with E-state index in [1.54, 1.807) is 25.5 Å². The van der Waals surface area contributed by atoms with Gasteiger partial charge in [0.05, 0.1) is 30.0 Å². The number of ether oxygens (including phenoxy) is 1. The highest BCUT2D eigenvalue weighted by molar-refractivity contribution is 6.01. The second-order valence-corrected chi connectivity index (χ2v) is 6.74. The van der Waals surface area contributed by atoms with Crippen LogP contribution >= 0.6 is 0 Å². The number of anilines is 3. The molecule has 30 heavy (non-hydrogen) atoms. The molecule has 1 fully saturated rings. The van der Waals surface area contributed by atoms with Crippen molar-refractivity contribution in [3.8, 4) is 5.88 Å². The number of hydrogen-bond donors (Lipinski definition) is 3. The van der Waals surface area contributed by atoms with Crippen molar-refractivity contribution in [2.45, 2.75) is 18.8 Å². The van der Waals surface area contributed by atoms with E-state index in [9.17, 15) is 9.59 Å². The Morgan fingerprint density at radius 3 is 2.60 bits per heavy atom. The number of hydrogen-bond acceptors (Lipinski definition) is 8. The highest BCUT2D eigenvalue weighted by Gasteiger charge is 2.27. The van der Waals surface area contributed by atoms with Crippen LogP contribution in [-0.4, -0.2) is 43.8 Å². The Kier molecular flexibility index (Phi) is 5.24. The van der Waals surface area contributed by atoms with Crippen molar-refractivity contribution in [2.75, 3.05) is 17.7 Å². The molecule has 4 rings (SSSR count). The average Bonchev–Trinajstić information content (AvgIpc) is 3.53. The van der Waals surface area contributed by atoms with Gasteiger partial charge in [-0.05, 0) is 25.0 Å². The molecule has 1 aliphatic carbocycles. The summed E-state index contributed by atoms with van der Waals surface area (Å²) in [7, 11) is 3.10. The van der Waals surface area contributed by atoms with Gasteiger partial charge < -0.3 is 15.4 Å². The summed E-state index contributed by atoms with van der Waals surface area (Å²) in [6.45, 7) is 0. The minimum Gasteiger partial charge on any atom is -0.389 e. The first kappa shape index (κ1) is 19.3. The molecule has 2 amide bonds. The lowest BCUT2D eigenvalue weighted by atomic mass is 10.2. The van der Waals surface area contributed by atoms with Crippen LogP contribution in [0.15, 0.2) is 37.1 Å². The topological polar surface area (TPSA) is 136 Å². The lowest BCUT2D eigenvalue weighted by Gasteiger charge is -2.13. The van der Waals surface area contributed by atoms with E-state index in [1.807, 2.05) is 6.07 Å². The third-order valence-corrected chi connectivity index (χ3v) is 4.52. The second-order valence-electron chi connectivity index (χ2n) is 6.74. The molecule has 154 valence electrons. The van der Waals surface area contributed by atoms with E-state index in [1.165, 1.54) is 24.3 Å². The summed E-state index contributed by atoms with van der Waals surface area (Å²) in [5.41, 5.74) is 2.40. The minimum absolute atomic E-state index is 0.117. The van der Waals surface area contributed by atoms with Crippen LogP contribution in [0.1, 0.15) is 34.9 Å². The number of aromatic nitrogens is 5. The van der Waals surface area contributed by atoms with E-state index in [0.717, 1.165) is 18.5 Å². The summed E-state index contributed by atoms with van der Waals surface area (Å²) in [4.78, 5) is 37.0. The second kappa shape index (κ2) is 8.15. The van der Waals surface area contributed by atoms with Gasteiger partial charge in [0.2, 0.25) is 5.88 Å². The molecule has 0 unspecified atom stereocenters. The molecular weight excluding hydrogens is 388 g/mol. The molecule has 3 aromatic heterocycles. The fourth-order valence-corrected chi connectivity index (χ4v) is 2.89. The molecule has 0 atom stereocenters. The zero-order chi connectivity index (χ0) is 21.1. The van der Waals surface area contributed by atoms with Gasteiger partial charge in [0.1, 0.15) is 17.7 Å². The molecule has 0 spiro atoms. The standard InChI is InChI=1S/C19H20N8O3/c1-20-17(28)16-15(9-23-27(16)2)26-19(29)30-18-14(24-12-7-21-10-22-8-12)6-5-13(25-18)11-3-4-11/h5-11,24H,3-4H2,1-2H3,(H,20,28)(H,26,29). The predicted molar refractivity (Wildman–Crippen MR) is 108 cm³/mol. The maximum atomic E-state index is 12.6. The van der Waals surface area contributed by atoms with Gasteiger partial charge in [-0.15, -0.1) is 0 Å². The van der Waals surface area contributed by atoms with Crippen molar-refractivity contribution in [3.05, 3.63) is 48.4 Å². The van der Waals surface area contributed by atoms with Crippen LogP contribution in [0.4, 0.5) is 21.9 Å². The van der Waals surface area contributed by atoms with Crippen molar-refractivity contribution >= 4 is 29.1 Å². The first-order chi connectivity index (χ1) is 14.5. The number of nitrogens with one attached hydrogen (secondary N) is 3. The quantitative estimate of drug-likeness (QED) is 0.565. The Hall–Kier alpha value is -4.02. The monoisotopic (exact) mass is 408 g/mol. The normalized spacial score (nSPS) is 12.9. The third kappa shape index (κ3) is 4.19. The summed E-state index contributed by atoms with van der Waals surface area (Å²) in [5.74, 6) is 0.111. The van der Waals surface area contributed by atoms with Crippen LogP contribution in [-0.2, 0) is 7.05 Å². The van der Waals surface area contributed by atoms with Crippen molar-refractivity contribution < 1.29 is 14.3 Å². The van der Waals surface area contributed by atoms with Crippen LogP contribution in [0.3, 0.4) is 0 Å². The molecule has 1 aliphatic rings. The van der Waals surface area contributed by atoms with Gasteiger partial charge in [0.15, 0.2) is 0 Å². The lowest BCUT2D eigenvalue weighted by Crippen LogP contribution is -2.25. The lowest BCUT2D eigenvalue weighted by molar-refractivity contribution is 0.0954. The zero-order valence-electron chi connectivity index (χ0n) is 16.4. The number of carbonyl (C=O) groups is 2. The number of aryl methyl sites for hydroxylation is 1. The molecule has 0 aliphatic heterocycles. The smallest absolute Gasteiger partial charge is 0.389 e.